The van der Waals surface area contributed by atoms with Gasteiger partial charge in [0.2, 0.25) is 5.89 Å². The third-order valence-corrected chi connectivity index (χ3v) is 4.05. The van der Waals surface area contributed by atoms with E-state index in [9.17, 15) is 4.79 Å². The Morgan fingerprint density at radius 1 is 1.08 bits per heavy atom. The highest BCUT2D eigenvalue weighted by Crippen LogP contribution is 2.39. The van der Waals surface area contributed by atoms with Crippen LogP contribution in [0.3, 0.4) is 0 Å². The van der Waals surface area contributed by atoms with E-state index in [4.69, 9.17) is 13.9 Å². The van der Waals surface area contributed by atoms with Crippen molar-refractivity contribution in [2.75, 3.05) is 7.11 Å². The van der Waals surface area contributed by atoms with Gasteiger partial charge >= 0.3 is 5.97 Å². The third-order valence-electron chi connectivity index (χ3n) is 4.05. The molecule has 1 atom stereocenters. The quantitative estimate of drug-likeness (QED) is 0.535. The standard InChI is InChI=1S/C20H15NO4/c1-23-15-8-4-2-6-13(15)10-11-18-21-12-17(24-18)19-14-7-3-5-9-16(14)25-20(19)22/h2-12,19H,1H3/b11-10+. The van der Waals surface area contributed by atoms with E-state index in [1.807, 2.05) is 48.5 Å². The second kappa shape index (κ2) is 6.28. The van der Waals surface area contributed by atoms with Crippen LogP contribution in [-0.2, 0) is 4.79 Å². The molecule has 1 aromatic heterocycles. The first-order valence-corrected chi connectivity index (χ1v) is 7.83. The Morgan fingerprint density at radius 3 is 2.76 bits per heavy atom. The summed E-state index contributed by atoms with van der Waals surface area (Å²) in [5.74, 6) is 1.29. The van der Waals surface area contributed by atoms with E-state index in [0.717, 1.165) is 16.9 Å². The fraction of sp³-hybridized carbons (Fsp3) is 0.100. The van der Waals surface area contributed by atoms with Gasteiger partial charge in [-0.3, -0.25) is 4.79 Å². The van der Waals surface area contributed by atoms with Crippen LogP contribution < -0.4 is 9.47 Å². The number of para-hydroxylation sites is 2. The van der Waals surface area contributed by atoms with Gasteiger partial charge in [0.25, 0.3) is 0 Å². The van der Waals surface area contributed by atoms with Crippen molar-refractivity contribution >= 4 is 18.1 Å². The smallest absolute Gasteiger partial charge is 0.326 e. The van der Waals surface area contributed by atoms with E-state index in [2.05, 4.69) is 4.98 Å². The second-order valence-corrected chi connectivity index (χ2v) is 5.57. The van der Waals surface area contributed by atoms with Gasteiger partial charge in [-0.15, -0.1) is 0 Å². The van der Waals surface area contributed by atoms with Crippen LogP contribution in [0.4, 0.5) is 0 Å². The van der Waals surface area contributed by atoms with Crippen LogP contribution in [0.1, 0.15) is 28.7 Å². The van der Waals surface area contributed by atoms with Crippen LogP contribution >= 0.6 is 0 Å². The first-order chi connectivity index (χ1) is 12.3. The Labute approximate surface area is 144 Å². The maximum atomic E-state index is 12.2. The molecule has 0 N–H and O–H groups in total. The summed E-state index contributed by atoms with van der Waals surface area (Å²) >= 11 is 0. The number of aromatic nitrogens is 1. The molecule has 5 nitrogen and oxygen atoms in total. The van der Waals surface area contributed by atoms with Crippen molar-refractivity contribution in [2.24, 2.45) is 0 Å². The average molecular weight is 333 g/mol. The van der Waals surface area contributed by atoms with Crippen molar-refractivity contribution < 1.29 is 18.7 Å². The number of esters is 1. The number of nitrogens with zero attached hydrogens (tertiary/aromatic N) is 1. The van der Waals surface area contributed by atoms with Crippen molar-refractivity contribution in [2.45, 2.75) is 5.92 Å². The molecule has 25 heavy (non-hydrogen) atoms. The predicted octanol–water partition coefficient (Wildman–Crippen LogP) is 3.90. The molecule has 2 heterocycles. The molecule has 0 fully saturated rings. The summed E-state index contributed by atoms with van der Waals surface area (Å²) in [5, 5.41) is 0. The number of oxazole rings is 1. The lowest BCUT2D eigenvalue weighted by atomic mass is 9.99. The van der Waals surface area contributed by atoms with Gasteiger partial charge in [0.1, 0.15) is 23.2 Å². The summed E-state index contributed by atoms with van der Waals surface area (Å²) in [6.45, 7) is 0. The molecular formula is C20H15NO4. The van der Waals surface area contributed by atoms with Crippen LogP contribution in [0.15, 0.2) is 59.1 Å². The molecule has 3 aromatic rings. The van der Waals surface area contributed by atoms with E-state index < -0.39 is 5.92 Å². The fourth-order valence-electron chi connectivity index (χ4n) is 2.85. The van der Waals surface area contributed by atoms with Crippen molar-refractivity contribution in [3.63, 3.8) is 0 Å². The molecular weight excluding hydrogens is 318 g/mol. The van der Waals surface area contributed by atoms with Gasteiger partial charge in [0, 0.05) is 17.2 Å². The van der Waals surface area contributed by atoms with Crippen molar-refractivity contribution in [1.29, 1.82) is 0 Å². The summed E-state index contributed by atoms with van der Waals surface area (Å²) in [7, 11) is 1.62. The molecule has 1 aliphatic rings. The molecule has 5 heteroatoms. The molecule has 0 spiro atoms. The molecule has 0 amide bonds. The minimum absolute atomic E-state index is 0.349. The van der Waals surface area contributed by atoms with Gasteiger partial charge in [-0.05, 0) is 18.2 Å². The maximum absolute atomic E-state index is 12.2. The Bertz CT molecular complexity index is 958. The number of benzene rings is 2. The molecule has 0 bridgehead atoms. The first-order valence-electron chi connectivity index (χ1n) is 7.83. The van der Waals surface area contributed by atoms with Gasteiger partial charge in [-0.2, -0.15) is 0 Å². The number of fused-ring (bicyclic) bond motifs is 1. The van der Waals surface area contributed by atoms with Gasteiger partial charge in [-0.25, -0.2) is 4.98 Å². The summed E-state index contributed by atoms with van der Waals surface area (Å²) in [6, 6.07) is 15.0. The van der Waals surface area contributed by atoms with E-state index in [-0.39, 0.29) is 5.97 Å². The number of hydrogen-bond acceptors (Lipinski definition) is 5. The molecule has 1 aliphatic heterocycles. The fourth-order valence-corrected chi connectivity index (χ4v) is 2.85. The number of rotatable bonds is 4. The zero-order valence-corrected chi connectivity index (χ0v) is 13.5. The molecule has 124 valence electrons. The normalized spacial score (nSPS) is 16.0. The van der Waals surface area contributed by atoms with Gasteiger partial charge < -0.3 is 13.9 Å². The molecule has 0 aliphatic carbocycles. The third kappa shape index (κ3) is 2.80. The van der Waals surface area contributed by atoms with Gasteiger partial charge in [0.15, 0.2) is 0 Å². The van der Waals surface area contributed by atoms with Crippen LogP contribution in [0, 0.1) is 0 Å². The predicted molar refractivity (Wildman–Crippen MR) is 92.3 cm³/mol. The van der Waals surface area contributed by atoms with E-state index >= 15 is 0 Å². The Morgan fingerprint density at radius 2 is 1.88 bits per heavy atom. The summed E-state index contributed by atoms with van der Waals surface area (Å²) in [6.07, 6.45) is 5.17. The highest BCUT2D eigenvalue weighted by Gasteiger charge is 2.36. The summed E-state index contributed by atoms with van der Waals surface area (Å²) in [4.78, 5) is 16.4. The Hall–Kier alpha value is -3.34. The van der Waals surface area contributed by atoms with Gasteiger partial charge in [-0.1, -0.05) is 36.4 Å². The number of hydrogen-bond donors (Lipinski definition) is 0. The van der Waals surface area contributed by atoms with E-state index in [1.165, 1.54) is 0 Å². The minimum atomic E-state index is -0.572. The van der Waals surface area contributed by atoms with E-state index in [0.29, 0.717) is 17.4 Å². The maximum Gasteiger partial charge on any atom is 0.326 e. The van der Waals surface area contributed by atoms with Crippen molar-refractivity contribution in [1.82, 2.24) is 4.98 Å². The number of methoxy groups -OCH3 is 1. The van der Waals surface area contributed by atoms with Crippen LogP contribution in [-0.4, -0.2) is 18.1 Å². The van der Waals surface area contributed by atoms with Crippen molar-refractivity contribution in [3.05, 3.63) is 77.5 Å². The van der Waals surface area contributed by atoms with Crippen LogP contribution in [0.5, 0.6) is 11.5 Å². The molecule has 1 unspecified atom stereocenters. The zero-order valence-electron chi connectivity index (χ0n) is 13.5. The molecule has 2 aromatic carbocycles. The van der Waals surface area contributed by atoms with Gasteiger partial charge in [0.05, 0.1) is 13.3 Å². The number of carbonyl (C=O) groups is 1. The number of carbonyl (C=O) groups excluding carboxylic acids is 1. The monoisotopic (exact) mass is 333 g/mol. The topological polar surface area (TPSA) is 61.6 Å². The van der Waals surface area contributed by atoms with E-state index in [1.54, 1.807) is 25.4 Å². The highest BCUT2D eigenvalue weighted by molar-refractivity contribution is 5.88. The second-order valence-electron chi connectivity index (χ2n) is 5.57. The van der Waals surface area contributed by atoms with Crippen molar-refractivity contribution in [3.8, 4) is 11.5 Å². The number of ether oxygens (including phenoxy) is 2. The minimum Gasteiger partial charge on any atom is -0.496 e. The molecule has 0 radical (unpaired) electrons. The zero-order chi connectivity index (χ0) is 17.2. The highest BCUT2D eigenvalue weighted by atomic mass is 16.5. The summed E-state index contributed by atoms with van der Waals surface area (Å²) in [5.41, 5.74) is 1.71. The van der Waals surface area contributed by atoms with Crippen LogP contribution in [0.25, 0.3) is 12.2 Å². The van der Waals surface area contributed by atoms with Crippen LogP contribution in [0.2, 0.25) is 0 Å². The molecule has 0 saturated heterocycles. The lowest BCUT2D eigenvalue weighted by molar-refractivity contribution is -0.133. The first kappa shape index (κ1) is 15.2. The Balaban J connectivity index is 1.61. The lowest BCUT2D eigenvalue weighted by Crippen LogP contribution is -2.10. The average Bonchev–Trinajstić information content (AvgIpc) is 3.23. The molecule has 4 rings (SSSR count). The SMILES string of the molecule is COc1ccccc1/C=C/c1ncc(C2C(=O)Oc3ccccc32)o1. The largest absolute Gasteiger partial charge is 0.496 e. The lowest BCUT2D eigenvalue weighted by Gasteiger charge is -2.03. The summed E-state index contributed by atoms with van der Waals surface area (Å²) < 4.78 is 16.3. The Kier molecular flexibility index (Phi) is 3.82. The molecule has 0 saturated carbocycles.